The Morgan fingerprint density at radius 2 is 1.61 bits per heavy atom. The number of ether oxygens (including phenoxy) is 1. The standard InChI is InChI=1S/C16H8F4O2.CH4/c1-2-3-9-4-5-11(12(17)6-9)16(21)22-10-7-13(18)15(20)14(19)8-10;/h4-8H,1H3;1H4. The van der Waals surface area contributed by atoms with Crippen LogP contribution in [0.25, 0.3) is 0 Å². The summed E-state index contributed by atoms with van der Waals surface area (Å²) in [6, 6.07) is 4.53. The van der Waals surface area contributed by atoms with Gasteiger partial charge in [-0.2, -0.15) is 0 Å². The van der Waals surface area contributed by atoms with E-state index in [1.54, 1.807) is 6.92 Å². The molecular weight excluding hydrogens is 312 g/mol. The van der Waals surface area contributed by atoms with Gasteiger partial charge in [-0.25, -0.2) is 22.4 Å². The van der Waals surface area contributed by atoms with Gasteiger partial charge in [0, 0.05) is 17.7 Å². The van der Waals surface area contributed by atoms with Crippen LogP contribution in [0.5, 0.6) is 5.75 Å². The first kappa shape index (κ1) is 18.2. The molecule has 0 atom stereocenters. The average molecular weight is 324 g/mol. The number of hydrogen-bond donors (Lipinski definition) is 0. The molecule has 120 valence electrons. The number of rotatable bonds is 2. The third-order valence-electron chi connectivity index (χ3n) is 2.63. The Hall–Kier alpha value is -2.81. The molecule has 23 heavy (non-hydrogen) atoms. The SMILES string of the molecule is C.CC#Cc1ccc(C(=O)Oc2cc(F)c(F)c(F)c2)c(F)c1. The molecule has 6 heteroatoms. The van der Waals surface area contributed by atoms with E-state index in [0.29, 0.717) is 17.7 Å². The molecule has 0 aliphatic rings. The van der Waals surface area contributed by atoms with Crippen LogP contribution >= 0.6 is 0 Å². The van der Waals surface area contributed by atoms with Crippen LogP contribution in [0.1, 0.15) is 30.3 Å². The molecule has 0 heterocycles. The van der Waals surface area contributed by atoms with Crippen LogP contribution in [0.15, 0.2) is 30.3 Å². The van der Waals surface area contributed by atoms with Crippen molar-refractivity contribution in [2.75, 3.05) is 0 Å². The summed E-state index contributed by atoms with van der Waals surface area (Å²) in [4.78, 5) is 11.8. The summed E-state index contributed by atoms with van der Waals surface area (Å²) in [5, 5.41) is 0. The molecule has 0 saturated heterocycles. The molecule has 0 aliphatic carbocycles. The van der Waals surface area contributed by atoms with E-state index in [1.165, 1.54) is 6.07 Å². The highest BCUT2D eigenvalue weighted by Gasteiger charge is 2.17. The molecule has 0 aromatic heterocycles. The summed E-state index contributed by atoms with van der Waals surface area (Å²) >= 11 is 0. The number of carbonyl (C=O) groups excluding carboxylic acids is 1. The third kappa shape index (κ3) is 4.10. The summed E-state index contributed by atoms with van der Waals surface area (Å²) in [7, 11) is 0. The van der Waals surface area contributed by atoms with E-state index in [0.717, 1.165) is 12.1 Å². The van der Waals surface area contributed by atoms with Crippen molar-refractivity contribution in [3.63, 3.8) is 0 Å². The number of benzene rings is 2. The van der Waals surface area contributed by atoms with Crippen molar-refractivity contribution in [3.8, 4) is 17.6 Å². The second-order valence-electron chi connectivity index (χ2n) is 4.16. The lowest BCUT2D eigenvalue weighted by atomic mass is 10.1. The minimum Gasteiger partial charge on any atom is -0.423 e. The van der Waals surface area contributed by atoms with Gasteiger partial charge in [-0.3, -0.25) is 0 Å². The summed E-state index contributed by atoms with van der Waals surface area (Å²) < 4.78 is 57.2. The molecule has 2 aromatic carbocycles. The van der Waals surface area contributed by atoms with Gasteiger partial charge in [0.2, 0.25) is 0 Å². The number of carbonyl (C=O) groups is 1. The molecule has 0 spiro atoms. The molecule has 2 aromatic rings. The maximum atomic E-state index is 13.8. The maximum absolute atomic E-state index is 13.8. The van der Waals surface area contributed by atoms with Crippen LogP contribution < -0.4 is 4.74 Å². The largest absolute Gasteiger partial charge is 0.423 e. The van der Waals surface area contributed by atoms with Crippen LogP contribution in [0, 0.1) is 35.1 Å². The van der Waals surface area contributed by atoms with Crippen molar-refractivity contribution in [2.24, 2.45) is 0 Å². The van der Waals surface area contributed by atoms with Crippen molar-refractivity contribution < 1.29 is 27.1 Å². The lowest BCUT2D eigenvalue weighted by molar-refractivity contribution is 0.0728. The lowest BCUT2D eigenvalue weighted by Crippen LogP contribution is -2.11. The smallest absolute Gasteiger partial charge is 0.346 e. The Labute approximate surface area is 130 Å². The fraction of sp³-hybridized carbons (Fsp3) is 0.118. The predicted molar refractivity (Wildman–Crippen MR) is 77.0 cm³/mol. The van der Waals surface area contributed by atoms with Crippen molar-refractivity contribution in [3.05, 3.63) is 64.7 Å². The molecule has 0 unspecified atom stereocenters. The Morgan fingerprint density at radius 1 is 1.00 bits per heavy atom. The predicted octanol–water partition coefficient (Wildman–Crippen LogP) is 4.47. The topological polar surface area (TPSA) is 26.3 Å². The van der Waals surface area contributed by atoms with Crippen LogP contribution in [0.4, 0.5) is 17.6 Å². The van der Waals surface area contributed by atoms with Gasteiger partial charge in [-0.15, -0.1) is 5.92 Å². The van der Waals surface area contributed by atoms with Gasteiger partial charge >= 0.3 is 5.97 Å². The first-order chi connectivity index (χ1) is 10.4. The summed E-state index contributed by atoms with van der Waals surface area (Å²) in [6.07, 6.45) is 0. The minimum absolute atomic E-state index is 0. The summed E-state index contributed by atoms with van der Waals surface area (Å²) in [6.45, 7) is 1.57. The zero-order valence-electron chi connectivity index (χ0n) is 11.2. The van der Waals surface area contributed by atoms with E-state index in [1.807, 2.05) is 0 Å². The van der Waals surface area contributed by atoms with E-state index >= 15 is 0 Å². The van der Waals surface area contributed by atoms with Gasteiger partial charge in [0.25, 0.3) is 0 Å². The normalized spacial score (nSPS) is 9.43. The Balaban J connectivity index is 0.00000264. The van der Waals surface area contributed by atoms with E-state index in [2.05, 4.69) is 16.6 Å². The van der Waals surface area contributed by atoms with E-state index in [9.17, 15) is 22.4 Å². The van der Waals surface area contributed by atoms with Gasteiger partial charge < -0.3 is 4.74 Å². The number of esters is 1. The van der Waals surface area contributed by atoms with Crippen molar-refractivity contribution in [1.82, 2.24) is 0 Å². The van der Waals surface area contributed by atoms with Crippen molar-refractivity contribution in [2.45, 2.75) is 14.4 Å². The van der Waals surface area contributed by atoms with Gasteiger partial charge in [-0.1, -0.05) is 13.3 Å². The minimum atomic E-state index is -1.69. The van der Waals surface area contributed by atoms with E-state index < -0.39 is 40.6 Å². The summed E-state index contributed by atoms with van der Waals surface area (Å²) in [5.74, 6) is -2.19. The van der Waals surface area contributed by atoms with Crippen LogP contribution in [-0.4, -0.2) is 5.97 Å². The van der Waals surface area contributed by atoms with Crippen LogP contribution in [-0.2, 0) is 0 Å². The number of halogens is 4. The molecule has 0 radical (unpaired) electrons. The molecular formula is C17H12F4O2. The molecule has 2 rings (SSSR count). The van der Waals surface area contributed by atoms with Crippen LogP contribution in [0.2, 0.25) is 0 Å². The zero-order chi connectivity index (χ0) is 16.3. The van der Waals surface area contributed by atoms with E-state index in [4.69, 9.17) is 0 Å². The summed E-state index contributed by atoms with van der Waals surface area (Å²) in [5.41, 5.74) is -0.0813. The van der Waals surface area contributed by atoms with Gasteiger partial charge in [0.1, 0.15) is 11.6 Å². The maximum Gasteiger partial charge on any atom is 0.346 e. The lowest BCUT2D eigenvalue weighted by Gasteiger charge is -2.06. The van der Waals surface area contributed by atoms with Crippen molar-refractivity contribution in [1.29, 1.82) is 0 Å². The molecule has 0 N–H and O–H groups in total. The molecule has 0 saturated carbocycles. The molecule has 2 nitrogen and oxygen atoms in total. The van der Waals surface area contributed by atoms with E-state index in [-0.39, 0.29) is 7.43 Å². The third-order valence-corrected chi connectivity index (χ3v) is 2.63. The monoisotopic (exact) mass is 324 g/mol. The quantitative estimate of drug-likeness (QED) is 0.268. The zero-order valence-corrected chi connectivity index (χ0v) is 11.2. The Bertz CT molecular complexity index is 781. The highest BCUT2D eigenvalue weighted by molar-refractivity contribution is 5.91. The highest BCUT2D eigenvalue weighted by atomic mass is 19.2. The Kier molecular flexibility index (Phi) is 5.91. The first-order valence-electron chi connectivity index (χ1n) is 6.01. The number of hydrogen-bond acceptors (Lipinski definition) is 2. The highest BCUT2D eigenvalue weighted by Crippen LogP contribution is 2.21. The average Bonchev–Trinajstić information content (AvgIpc) is 2.45. The fourth-order valence-corrected chi connectivity index (χ4v) is 1.66. The fourth-order valence-electron chi connectivity index (χ4n) is 1.66. The first-order valence-corrected chi connectivity index (χ1v) is 6.01. The molecule has 0 aliphatic heterocycles. The van der Waals surface area contributed by atoms with Gasteiger partial charge in [-0.05, 0) is 25.1 Å². The van der Waals surface area contributed by atoms with Crippen LogP contribution in [0.3, 0.4) is 0 Å². The Morgan fingerprint density at radius 3 is 2.13 bits per heavy atom. The molecule has 0 bridgehead atoms. The molecule has 0 amide bonds. The second-order valence-corrected chi connectivity index (χ2v) is 4.16. The molecule has 0 fully saturated rings. The van der Waals surface area contributed by atoms with Crippen molar-refractivity contribution >= 4 is 5.97 Å². The second kappa shape index (κ2) is 7.45. The van der Waals surface area contributed by atoms with Gasteiger partial charge in [0.15, 0.2) is 17.5 Å². The van der Waals surface area contributed by atoms with Gasteiger partial charge in [0.05, 0.1) is 5.56 Å².